The molecule has 100 valence electrons. The van der Waals surface area contributed by atoms with Crippen LogP contribution in [0.3, 0.4) is 0 Å². The summed E-state index contributed by atoms with van der Waals surface area (Å²) in [6.45, 7) is 2.41. The van der Waals surface area contributed by atoms with Crippen molar-refractivity contribution in [3.05, 3.63) is 36.2 Å². The van der Waals surface area contributed by atoms with Gasteiger partial charge in [0.05, 0.1) is 11.4 Å². The molecule has 1 fully saturated rings. The summed E-state index contributed by atoms with van der Waals surface area (Å²) in [6, 6.07) is 8.30. The molecule has 3 heterocycles. The molecule has 1 aliphatic rings. The Kier molecular flexibility index (Phi) is 3.34. The summed E-state index contributed by atoms with van der Waals surface area (Å²) in [5.74, 6) is 0.749. The van der Waals surface area contributed by atoms with Crippen LogP contribution in [0.1, 0.15) is 12.1 Å². The number of aryl methyl sites for hydroxylation is 1. The van der Waals surface area contributed by atoms with Crippen molar-refractivity contribution >= 4 is 0 Å². The Morgan fingerprint density at radius 2 is 2.16 bits per heavy atom. The van der Waals surface area contributed by atoms with E-state index < -0.39 is 0 Å². The summed E-state index contributed by atoms with van der Waals surface area (Å²) in [5.41, 5.74) is 3.29. The maximum atomic E-state index is 4.79. The van der Waals surface area contributed by atoms with E-state index in [-0.39, 0.29) is 0 Å². The van der Waals surface area contributed by atoms with Gasteiger partial charge in [0, 0.05) is 25.5 Å². The zero-order valence-corrected chi connectivity index (χ0v) is 11.6. The van der Waals surface area contributed by atoms with Gasteiger partial charge >= 0.3 is 0 Å². The van der Waals surface area contributed by atoms with Gasteiger partial charge < -0.3 is 4.90 Å². The second kappa shape index (κ2) is 5.13. The van der Waals surface area contributed by atoms with Crippen LogP contribution in [0, 0.1) is 5.92 Å². The lowest BCUT2D eigenvalue weighted by Gasteiger charge is -2.10. The fourth-order valence-corrected chi connectivity index (χ4v) is 2.85. The van der Waals surface area contributed by atoms with Crippen molar-refractivity contribution in [2.45, 2.75) is 12.8 Å². The molecule has 0 aromatic carbocycles. The first-order valence-electron chi connectivity index (χ1n) is 6.85. The van der Waals surface area contributed by atoms with Crippen LogP contribution >= 0.6 is 0 Å². The maximum Gasteiger partial charge on any atom is 0.0886 e. The van der Waals surface area contributed by atoms with Crippen LogP contribution in [0.2, 0.25) is 0 Å². The molecule has 4 nitrogen and oxygen atoms in total. The van der Waals surface area contributed by atoms with Gasteiger partial charge in [-0.25, -0.2) is 0 Å². The minimum atomic E-state index is 0.749. The Morgan fingerprint density at radius 1 is 1.26 bits per heavy atom. The van der Waals surface area contributed by atoms with Crippen LogP contribution in [-0.4, -0.2) is 39.8 Å². The SMILES string of the molecule is CN1CC[C@@H](Cc2cccc(-c3ccnn3C)n2)C1. The highest BCUT2D eigenvalue weighted by molar-refractivity contribution is 5.54. The van der Waals surface area contributed by atoms with Crippen LogP contribution in [0.5, 0.6) is 0 Å². The Hall–Kier alpha value is -1.68. The Morgan fingerprint density at radius 3 is 2.84 bits per heavy atom. The van der Waals surface area contributed by atoms with Crippen molar-refractivity contribution in [1.82, 2.24) is 19.7 Å². The topological polar surface area (TPSA) is 34.0 Å². The lowest BCUT2D eigenvalue weighted by atomic mass is 10.0. The van der Waals surface area contributed by atoms with Gasteiger partial charge in [0.25, 0.3) is 0 Å². The maximum absolute atomic E-state index is 4.79. The second-order valence-electron chi connectivity index (χ2n) is 5.48. The van der Waals surface area contributed by atoms with Crippen LogP contribution in [0.25, 0.3) is 11.4 Å². The molecule has 1 aliphatic heterocycles. The molecule has 0 N–H and O–H groups in total. The third-order valence-corrected chi connectivity index (χ3v) is 3.88. The Bertz CT molecular complexity index is 561. The number of aromatic nitrogens is 3. The van der Waals surface area contributed by atoms with E-state index in [9.17, 15) is 0 Å². The Labute approximate surface area is 114 Å². The number of hydrogen-bond acceptors (Lipinski definition) is 3. The molecule has 0 unspecified atom stereocenters. The van der Waals surface area contributed by atoms with Crippen LogP contribution in [-0.2, 0) is 13.5 Å². The summed E-state index contributed by atoms with van der Waals surface area (Å²) in [7, 11) is 4.15. The largest absolute Gasteiger partial charge is 0.306 e. The van der Waals surface area contributed by atoms with Crippen LogP contribution in [0.15, 0.2) is 30.5 Å². The number of nitrogens with zero attached hydrogens (tertiary/aromatic N) is 4. The van der Waals surface area contributed by atoms with Gasteiger partial charge in [0.1, 0.15) is 0 Å². The lowest BCUT2D eigenvalue weighted by molar-refractivity contribution is 0.393. The van der Waals surface area contributed by atoms with Crippen LogP contribution in [0.4, 0.5) is 0 Å². The van der Waals surface area contributed by atoms with Gasteiger partial charge in [-0.2, -0.15) is 5.10 Å². The number of likely N-dealkylation sites (tertiary alicyclic amines) is 1. The minimum absolute atomic E-state index is 0.749. The van der Waals surface area contributed by atoms with Crippen molar-refractivity contribution in [2.24, 2.45) is 13.0 Å². The van der Waals surface area contributed by atoms with E-state index in [1.807, 2.05) is 24.0 Å². The summed E-state index contributed by atoms with van der Waals surface area (Å²) in [5, 5.41) is 4.21. The van der Waals surface area contributed by atoms with Crippen molar-refractivity contribution in [2.75, 3.05) is 20.1 Å². The van der Waals surface area contributed by atoms with E-state index in [1.54, 1.807) is 0 Å². The molecule has 1 saturated heterocycles. The third-order valence-electron chi connectivity index (χ3n) is 3.88. The van der Waals surface area contributed by atoms with E-state index in [0.717, 1.165) is 23.7 Å². The lowest BCUT2D eigenvalue weighted by Crippen LogP contribution is -2.15. The fourth-order valence-electron chi connectivity index (χ4n) is 2.85. The Balaban J connectivity index is 1.79. The molecule has 0 bridgehead atoms. The van der Waals surface area contributed by atoms with Gasteiger partial charge in [0.15, 0.2) is 0 Å². The molecule has 3 rings (SSSR count). The molecule has 0 radical (unpaired) electrons. The highest BCUT2D eigenvalue weighted by Crippen LogP contribution is 2.21. The zero-order chi connectivity index (χ0) is 13.2. The molecule has 19 heavy (non-hydrogen) atoms. The summed E-state index contributed by atoms with van der Waals surface area (Å²) < 4.78 is 1.87. The standard InChI is InChI=1S/C15H20N4/c1-18-9-7-12(11-18)10-13-4-3-5-14(17-13)15-6-8-16-19(15)2/h3-6,8,12H,7,9-11H2,1-2H3/t12-/m0/s1. The molecule has 1 atom stereocenters. The number of hydrogen-bond donors (Lipinski definition) is 0. The summed E-state index contributed by atoms with van der Waals surface area (Å²) in [6.07, 6.45) is 4.18. The minimum Gasteiger partial charge on any atom is -0.306 e. The monoisotopic (exact) mass is 256 g/mol. The number of pyridine rings is 1. The van der Waals surface area contributed by atoms with E-state index in [1.165, 1.54) is 25.2 Å². The van der Waals surface area contributed by atoms with Crippen molar-refractivity contribution in [1.29, 1.82) is 0 Å². The van der Waals surface area contributed by atoms with E-state index >= 15 is 0 Å². The molecule has 0 saturated carbocycles. The zero-order valence-electron chi connectivity index (χ0n) is 11.6. The fraction of sp³-hybridized carbons (Fsp3) is 0.467. The predicted octanol–water partition coefficient (Wildman–Crippen LogP) is 1.98. The first kappa shape index (κ1) is 12.4. The second-order valence-corrected chi connectivity index (χ2v) is 5.48. The quantitative estimate of drug-likeness (QED) is 0.842. The summed E-state index contributed by atoms with van der Waals surface area (Å²) in [4.78, 5) is 7.18. The van der Waals surface area contributed by atoms with Gasteiger partial charge in [-0.3, -0.25) is 9.67 Å². The molecule has 0 amide bonds. The predicted molar refractivity (Wildman–Crippen MR) is 75.7 cm³/mol. The molecular weight excluding hydrogens is 236 g/mol. The number of rotatable bonds is 3. The van der Waals surface area contributed by atoms with E-state index in [0.29, 0.717) is 0 Å². The van der Waals surface area contributed by atoms with Crippen molar-refractivity contribution in [3.63, 3.8) is 0 Å². The van der Waals surface area contributed by atoms with Crippen molar-refractivity contribution < 1.29 is 0 Å². The van der Waals surface area contributed by atoms with Crippen LogP contribution < -0.4 is 0 Å². The van der Waals surface area contributed by atoms with E-state index in [4.69, 9.17) is 4.98 Å². The first-order chi connectivity index (χ1) is 9.22. The van der Waals surface area contributed by atoms with Gasteiger partial charge in [-0.05, 0) is 50.6 Å². The average molecular weight is 256 g/mol. The highest BCUT2D eigenvalue weighted by atomic mass is 15.3. The molecule has 2 aromatic rings. The average Bonchev–Trinajstić information content (AvgIpc) is 2.99. The van der Waals surface area contributed by atoms with Crippen molar-refractivity contribution in [3.8, 4) is 11.4 Å². The first-order valence-corrected chi connectivity index (χ1v) is 6.85. The molecule has 4 heteroatoms. The van der Waals surface area contributed by atoms with Gasteiger partial charge in [-0.15, -0.1) is 0 Å². The van der Waals surface area contributed by atoms with Gasteiger partial charge in [0.2, 0.25) is 0 Å². The van der Waals surface area contributed by atoms with Gasteiger partial charge in [-0.1, -0.05) is 6.07 Å². The molecule has 2 aromatic heterocycles. The highest BCUT2D eigenvalue weighted by Gasteiger charge is 2.20. The van der Waals surface area contributed by atoms with E-state index in [2.05, 4.69) is 35.2 Å². The smallest absolute Gasteiger partial charge is 0.0886 e. The third kappa shape index (κ3) is 2.68. The normalized spacial score (nSPS) is 20.0. The molecule has 0 spiro atoms. The summed E-state index contributed by atoms with van der Waals surface area (Å²) >= 11 is 0. The molecular formula is C15H20N4. The molecule has 0 aliphatic carbocycles.